The Balaban J connectivity index is 2.11. The van der Waals surface area contributed by atoms with E-state index >= 15 is 0 Å². The summed E-state index contributed by atoms with van der Waals surface area (Å²) < 4.78 is 8.07. The Morgan fingerprint density at radius 3 is 2.48 bits per heavy atom. The van der Waals surface area contributed by atoms with Crippen molar-refractivity contribution in [2.75, 3.05) is 6.54 Å². The van der Waals surface area contributed by atoms with Crippen LogP contribution in [0.4, 0.5) is 0 Å². The third-order valence-corrected chi connectivity index (χ3v) is 4.87. The molecule has 5 atom stereocenters. The maximum absolute atomic E-state index is 6.03. The summed E-state index contributed by atoms with van der Waals surface area (Å²) in [6.07, 6.45) is 3.72. The van der Waals surface area contributed by atoms with Crippen molar-refractivity contribution in [3.05, 3.63) is 18.0 Å². The first-order valence-electron chi connectivity index (χ1n) is 8.36. The molecule has 1 N–H and O–H groups in total. The molecule has 120 valence electrons. The molecule has 0 spiro atoms. The summed E-state index contributed by atoms with van der Waals surface area (Å²) >= 11 is 0. The van der Waals surface area contributed by atoms with Gasteiger partial charge in [0.05, 0.1) is 17.9 Å². The molecule has 1 fully saturated rings. The third kappa shape index (κ3) is 3.67. The largest absolute Gasteiger partial charge is 0.375 e. The van der Waals surface area contributed by atoms with Gasteiger partial charge in [-0.2, -0.15) is 5.10 Å². The number of nitrogens with zero attached hydrogens (tertiary/aromatic N) is 2. The van der Waals surface area contributed by atoms with E-state index in [9.17, 15) is 0 Å². The fourth-order valence-corrected chi connectivity index (χ4v) is 3.59. The maximum atomic E-state index is 6.03. The van der Waals surface area contributed by atoms with Crippen molar-refractivity contribution in [1.29, 1.82) is 0 Å². The molecule has 4 nitrogen and oxygen atoms in total. The second kappa shape index (κ2) is 6.93. The molecule has 0 aromatic carbocycles. The van der Waals surface area contributed by atoms with E-state index in [1.165, 1.54) is 5.69 Å². The predicted molar refractivity (Wildman–Crippen MR) is 86.4 cm³/mol. The summed E-state index contributed by atoms with van der Waals surface area (Å²) in [7, 11) is 0. The summed E-state index contributed by atoms with van der Waals surface area (Å²) in [4.78, 5) is 0. The molecule has 21 heavy (non-hydrogen) atoms. The van der Waals surface area contributed by atoms with Crippen molar-refractivity contribution < 1.29 is 4.74 Å². The van der Waals surface area contributed by atoms with Gasteiger partial charge in [0.15, 0.2) is 0 Å². The molecule has 5 unspecified atom stereocenters. The van der Waals surface area contributed by atoms with Gasteiger partial charge in [0.2, 0.25) is 0 Å². The molecule has 2 rings (SSSR count). The van der Waals surface area contributed by atoms with Crippen LogP contribution in [0.1, 0.15) is 53.3 Å². The minimum Gasteiger partial charge on any atom is -0.375 e. The third-order valence-electron chi connectivity index (χ3n) is 4.87. The first-order chi connectivity index (χ1) is 9.93. The zero-order valence-electron chi connectivity index (χ0n) is 14.3. The molecule has 0 amide bonds. The SMILES string of the molecule is CCNC(Cc1ccn(C(C)C)n1)C1C(C)OC(C)C1C. The van der Waals surface area contributed by atoms with E-state index in [2.05, 4.69) is 59.1 Å². The lowest BCUT2D eigenvalue weighted by Gasteiger charge is -2.29. The second-order valence-corrected chi connectivity index (χ2v) is 6.73. The number of likely N-dealkylation sites (N-methyl/N-ethyl adjacent to an activating group) is 1. The average molecular weight is 293 g/mol. The standard InChI is InChI=1S/C17H31N3O/c1-7-18-16(17-12(4)13(5)21-14(17)6)10-15-8-9-20(19-15)11(2)3/h8-9,11-14,16-18H,7,10H2,1-6H3. The smallest absolute Gasteiger partial charge is 0.0640 e. The predicted octanol–water partition coefficient (Wildman–Crippen LogP) is 3.04. The minimum atomic E-state index is 0.311. The quantitative estimate of drug-likeness (QED) is 0.876. The Kier molecular flexibility index (Phi) is 5.44. The molecular weight excluding hydrogens is 262 g/mol. The van der Waals surface area contributed by atoms with Crippen LogP contribution in [-0.2, 0) is 11.2 Å². The molecule has 1 aliphatic rings. The van der Waals surface area contributed by atoms with Crippen LogP contribution in [0.25, 0.3) is 0 Å². The number of aromatic nitrogens is 2. The Hall–Kier alpha value is -0.870. The van der Waals surface area contributed by atoms with Crippen molar-refractivity contribution in [3.8, 4) is 0 Å². The normalized spacial score (nSPS) is 31.0. The van der Waals surface area contributed by atoms with Crippen LogP contribution in [-0.4, -0.2) is 34.6 Å². The van der Waals surface area contributed by atoms with Crippen LogP contribution < -0.4 is 5.32 Å². The lowest BCUT2D eigenvalue weighted by Crippen LogP contribution is -2.43. The highest BCUT2D eigenvalue weighted by atomic mass is 16.5. The molecule has 2 heterocycles. The highest BCUT2D eigenvalue weighted by molar-refractivity contribution is 5.05. The number of ether oxygens (including phenoxy) is 1. The van der Waals surface area contributed by atoms with Gasteiger partial charge in [0.1, 0.15) is 0 Å². The minimum absolute atomic E-state index is 0.311. The van der Waals surface area contributed by atoms with Crippen molar-refractivity contribution in [1.82, 2.24) is 15.1 Å². The molecular formula is C17H31N3O. The van der Waals surface area contributed by atoms with Crippen LogP contribution >= 0.6 is 0 Å². The molecule has 1 aliphatic heterocycles. The Morgan fingerprint density at radius 1 is 1.29 bits per heavy atom. The number of nitrogens with one attached hydrogen (secondary N) is 1. The highest BCUT2D eigenvalue weighted by Crippen LogP contribution is 2.35. The highest BCUT2D eigenvalue weighted by Gasteiger charge is 2.41. The first-order valence-corrected chi connectivity index (χ1v) is 8.36. The Labute approximate surface area is 129 Å². The van der Waals surface area contributed by atoms with E-state index in [-0.39, 0.29) is 0 Å². The molecule has 1 aromatic heterocycles. The topological polar surface area (TPSA) is 39.1 Å². The van der Waals surface area contributed by atoms with Crippen molar-refractivity contribution in [3.63, 3.8) is 0 Å². The number of hydrogen-bond donors (Lipinski definition) is 1. The summed E-state index contributed by atoms with van der Waals surface area (Å²) in [5.41, 5.74) is 1.17. The fourth-order valence-electron chi connectivity index (χ4n) is 3.59. The molecule has 0 bridgehead atoms. The van der Waals surface area contributed by atoms with Gasteiger partial charge in [0.25, 0.3) is 0 Å². The zero-order chi connectivity index (χ0) is 15.6. The number of rotatable bonds is 6. The van der Waals surface area contributed by atoms with Gasteiger partial charge >= 0.3 is 0 Å². The van der Waals surface area contributed by atoms with E-state index in [1.807, 2.05) is 4.68 Å². The first kappa shape index (κ1) is 16.5. The van der Waals surface area contributed by atoms with E-state index in [0.29, 0.717) is 36.1 Å². The lowest BCUT2D eigenvalue weighted by atomic mass is 9.81. The van der Waals surface area contributed by atoms with Gasteiger partial charge < -0.3 is 10.1 Å². The molecule has 0 saturated carbocycles. The monoisotopic (exact) mass is 293 g/mol. The second-order valence-electron chi connectivity index (χ2n) is 6.73. The van der Waals surface area contributed by atoms with Gasteiger partial charge in [-0.3, -0.25) is 4.68 Å². The van der Waals surface area contributed by atoms with Crippen LogP contribution in [0.3, 0.4) is 0 Å². The summed E-state index contributed by atoms with van der Waals surface area (Å²) in [6, 6.07) is 3.00. The van der Waals surface area contributed by atoms with Crippen molar-refractivity contribution in [2.45, 2.75) is 72.3 Å². The molecule has 1 aromatic rings. The van der Waals surface area contributed by atoms with Crippen molar-refractivity contribution in [2.24, 2.45) is 11.8 Å². The fraction of sp³-hybridized carbons (Fsp3) is 0.824. The van der Waals surface area contributed by atoms with Crippen LogP contribution in [0.2, 0.25) is 0 Å². The van der Waals surface area contributed by atoms with Gasteiger partial charge in [-0.15, -0.1) is 0 Å². The zero-order valence-corrected chi connectivity index (χ0v) is 14.3. The average Bonchev–Trinajstić information content (AvgIpc) is 2.96. The van der Waals surface area contributed by atoms with E-state index in [1.54, 1.807) is 0 Å². The molecule has 0 aliphatic carbocycles. The van der Waals surface area contributed by atoms with Crippen LogP contribution in [0.5, 0.6) is 0 Å². The van der Waals surface area contributed by atoms with E-state index in [0.717, 1.165) is 13.0 Å². The summed E-state index contributed by atoms with van der Waals surface area (Å²) in [5.74, 6) is 1.13. The Morgan fingerprint density at radius 2 is 2.00 bits per heavy atom. The van der Waals surface area contributed by atoms with E-state index < -0.39 is 0 Å². The van der Waals surface area contributed by atoms with Crippen LogP contribution in [0.15, 0.2) is 12.3 Å². The van der Waals surface area contributed by atoms with Gasteiger partial charge in [-0.05, 0) is 46.2 Å². The van der Waals surface area contributed by atoms with Crippen molar-refractivity contribution >= 4 is 0 Å². The number of hydrogen-bond acceptors (Lipinski definition) is 3. The van der Waals surface area contributed by atoms with Gasteiger partial charge in [0, 0.05) is 30.6 Å². The summed E-state index contributed by atoms with van der Waals surface area (Å²) in [5, 5.41) is 8.37. The molecule has 1 saturated heterocycles. The molecule has 0 radical (unpaired) electrons. The Bertz CT molecular complexity index is 443. The van der Waals surface area contributed by atoms with Crippen LogP contribution in [0, 0.1) is 11.8 Å². The van der Waals surface area contributed by atoms with E-state index in [4.69, 9.17) is 9.84 Å². The summed E-state index contributed by atoms with van der Waals surface area (Å²) in [6.45, 7) is 14.2. The van der Waals surface area contributed by atoms with Gasteiger partial charge in [-0.25, -0.2) is 0 Å². The maximum Gasteiger partial charge on any atom is 0.0640 e. The van der Waals surface area contributed by atoms with Gasteiger partial charge in [-0.1, -0.05) is 13.8 Å². The lowest BCUT2D eigenvalue weighted by molar-refractivity contribution is 0.0476. The molecule has 4 heteroatoms.